The van der Waals surface area contributed by atoms with Gasteiger partial charge in [-0.3, -0.25) is 15.1 Å². The van der Waals surface area contributed by atoms with Gasteiger partial charge in [0.15, 0.2) is 5.65 Å². The van der Waals surface area contributed by atoms with Crippen molar-refractivity contribution in [3.05, 3.63) is 101 Å². The van der Waals surface area contributed by atoms with Crippen LogP contribution < -0.4 is 26.7 Å². The highest BCUT2D eigenvalue weighted by molar-refractivity contribution is 5.99. The number of ether oxygens (including phenoxy) is 1. The van der Waals surface area contributed by atoms with E-state index in [0.29, 0.717) is 33.7 Å². The molecule has 0 fully saturated rings. The Bertz CT molecular complexity index is 2000. The van der Waals surface area contributed by atoms with Crippen molar-refractivity contribution in [2.24, 2.45) is 5.73 Å². The first-order valence-corrected chi connectivity index (χ1v) is 12.9. The third-order valence-corrected chi connectivity index (χ3v) is 7.46. The van der Waals surface area contributed by atoms with Gasteiger partial charge in [0, 0.05) is 24.0 Å². The lowest BCUT2D eigenvalue weighted by molar-refractivity contribution is 0.238. The van der Waals surface area contributed by atoms with Gasteiger partial charge in [0.2, 0.25) is 6.35 Å². The largest absolute Gasteiger partial charge is 0.455 e. The Balaban J connectivity index is 1.44. The Morgan fingerprint density at radius 2 is 1.80 bits per heavy atom. The second kappa shape index (κ2) is 8.92. The molecule has 1 unspecified atom stereocenters. The van der Waals surface area contributed by atoms with Crippen LogP contribution in [0.25, 0.3) is 38.8 Å². The Labute approximate surface area is 229 Å². The molecule has 0 saturated heterocycles. The van der Waals surface area contributed by atoms with Gasteiger partial charge in [0.25, 0.3) is 5.56 Å². The van der Waals surface area contributed by atoms with Crippen molar-refractivity contribution in [3.63, 3.8) is 0 Å². The Morgan fingerprint density at radius 3 is 2.62 bits per heavy atom. The molecule has 10 heteroatoms. The highest BCUT2D eigenvalue weighted by Gasteiger charge is 2.27. The van der Waals surface area contributed by atoms with Crippen LogP contribution in [0.3, 0.4) is 0 Å². The predicted molar refractivity (Wildman–Crippen MR) is 156 cm³/mol. The monoisotopic (exact) mass is 530 g/mol. The van der Waals surface area contributed by atoms with Crippen LogP contribution in [0.15, 0.2) is 83.9 Å². The number of anilines is 2. The van der Waals surface area contributed by atoms with Crippen molar-refractivity contribution in [3.8, 4) is 22.7 Å². The Morgan fingerprint density at radius 1 is 0.975 bits per heavy atom. The van der Waals surface area contributed by atoms with E-state index in [2.05, 4.69) is 9.97 Å². The third kappa shape index (κ3) is 3.61. The summed E-state index contributed by atoms with van der Waals surface area (Å²) in [6, 6.07) is 23.3. The number of rotatable bonds is 4. The zero-order valence-electron chi connectivity index (χ0n) is 21.9. The van der Waals surface area contributed by atoms with Crippen LogP contribution in [0.2, 0.25) is 0 Å². The minimum absolute atomic E-state index is 0.0828. The third-order valence-electron chi connectivity index (χ3n) is 7.46. The fourth-order valence-electron chi connectivity index (χ4n) is 5.45. The van der Waals surface area contributed by atoms with E-state index in [1.54, 1.807) is 9.25 Å². The first kappa shape index (κ1) is 23.9. The summed E-state index contributed by atoms with van der Waals surface area (Å²) in [6.45, 7) is 2.23. The van der Waals surface area contributed by atoms with Crippen LogP contribution in [0.1, 0.15) is 11.3 Å². The van der Waals surface area contributed by atoms with Crippen LogP contribution in [-0.4, -0.2) is 37.7 Å². The molecule has 0 aliphatic carbocycles. The molecule has 0 bridgehead atoms. The summed E-state index contributed by atoms with van der Waals surface area (Å²) in [4.78, 5) is 24.6. The molecule has 0 radical (unpaired) electrons. The number of hydrogen-bond acceptors (Lipinski definition) is 8. The lowest BCUT2D eigenvalue weighted by Gasteiger charge is -2.16. The van der Waals surface area contributed by atoms with E-state index in [1.807, 2.05) is 91.7 Å². The molecule has 0 saturated carbocycles. The summed E-state index contributed by atoms with van der Waals surface area (Å²) in [5, 5.41) is 7.17. The van der Waals surface area contributed by atoms with Gasteiger partial charge in [-0.1, -0.05) is 36.4 Å². The minimum atomic E-state index is -0.556. The fourth-order valence-corrected chi connectivity index (χ4v) is 5.45. The highest BCUT2D eigenvalue weighted by atomic mass is 16.5. The second-order valence-electron chi connectivity index (χ2n) is 9.92. The van der Waals surface area contributed by atoms with E-state index in [0.717, 1.165) is 33.6 Å². The van der Waals surface area contributed by atoms with E-state index < -0.39 is 6.35 Å². The molecule has 10 nitrogen and oxygen atoms in total. The Kier molecular flexibility index (Phi) is 5.32. The molecule has 0 spiro atoms. The molecule has 3 aromatic carbocycles. The standard InChI is InChI=1S/C30H26N8O2/c1-17-7-6-8-18-13-21(38(29(39)24(17)18)20-9-4-3-5-10-20)15-37-28-25(27(31)33-16-34-28)26(35-37)19-11-12-23-22(14-19)36(2)30(32)40-23/h3-14,16,30H,15,32H2,1-2H3,(H2,31,33,34). The summed E-state index contributed by atoms with van der Waals surface area (Å²) in [7, 11) is 1.87. The average molecular weight is 531 g/mol. The van der Waals surface area contributed by atoms with E-state index in [9.17, 15) is 4.79 Å². The molecule has 7 rings (SSSR count). The van der Waals surface area contributed by atoms with Gasteiger partial charge in [-0.2, -0.15) is 5.10 Å². The van der Waals surface area contributed by atoms with Crippen molar-refractivity contribution in [2.45, 2.75) is 19.8 Å². The summed E-state index contributed by atoms with van der Waals surface area (Å²) in [6.07, 6.45) is 0.871. The van der Waals surface area contributed by atoms with Gasteiger partial charge in [-0.15, -0.1) is 0 Å². The van der Waals surface area contributed by atoms with Crippen LogP contribution in [0.5, 0.6) is 5.75 Å². The number of nitrogen functional groups attached to an aromatic ring is 1. The van der Waals surface area contributed by atoms with Crippen molar-refractivity contribution in [1.29, 1.82) is 0 Å². The van der Waals surface area contributed by atoms with Crippen molar-refractivity contribution >= 4 is 33.3 Å². The number of aromatic nitrogens is 5. The highest BCUT2D eigenvalue weighted by Crippen LogP contribution is 2.40. The number of benzene rings is 3. The number of para-hydroxylation sites is 1. The number of fused-ring (bicyclic) bond motifs is 3. The maximum atomic E-state index is 13.9. The molecular formula is C30H26N8O2. The molecule has 6 aromatic rings. The van der Waals surface area contributed by atoms with E-state index in [-0.39, 0.29) is 12.1 Å². The molecule has 1 atom stereocenters. The molecule has 198 valence electrons. The van der Waals surface area contributed by atoms with Gasteiger partial charge in [-0.25, -0.2) is 14.6 Å². The Hall–Kier alpha value is -5.22. The van der Waals surface area contributed by atoms with Gasteiger partial charge >= 0.3 is 0 Å². The first-order chi connectivity index (χ1) is 19.4. The molecule has 0 amide bonds. The van der Waals surface area contributed by atoms with E-state index in [4.69, 9.17) is 21.3 Å². The van der Waals surface area contributed by atoms with E-state index in [1.165, 1.54) is 6.33 Å². The van der Waals surface area contributed by atoms with Crippen molar-refractivity contribution < 1.29 is 4.74 Å². The summed E-state index contributed by atoms with van der Waals surface area (Å²) in [5.41, 5.74) is 17.7. The summed E-state index contributed by atoms with van der Waals surface area (Å²) in [5.74, 6) is 1.02. The molecule has 1 aliphatic heterocycles. The van der Waals surface area contributed by atoms with Gasteiger partial charge in [-0.05, 0) is 54.3 Å². The van der Waals surface area contributed by atoms with E-state index >= 15 is 0 Å². The fraction of sp³-hybridized carbons (Fsp3) is 0.133. The smallest absolute Gasteiger partial charge is 0.263 e. The van der Waals surface area contributed by atoms with Crippen LogP contribution >= 0.6 is 0 Å². The lowest BCUT2D eigenvalue weighted by Crippen LogP contribution is -2.39. The van der Waals surface area contributed by atoms with Crippen LogP contribution in [0, 0.1) is 6.92 Å². The number of nitrogens with zero attached hydrogens (tertiary/aromatic N) is 6. The average Bonchev–Trinajstić information content (AvgIpc) is 3.46. The molecule has 1 aliphatic rings. The molecule has 40 heavy (non-hydrogen) atoms. The molecule has 4 N–H and O–H groups in total. The molecule has 4 heterocycles. The lowest BCUT2D eigenvalue weighted by atomic mass is 10.1. The van der Waals surface area contributed by atoms with Crippen LogP contribution in [-0.2, 0) is 6.54 Å². The van der Waals surface area contributed by atoms with Gasteiger partial charge < -0.3 is 15.4 Å². The van der Waals surface area contributed by atoms with Crippen LogP contribution in [0.4, 0.5) is 11.5 Å². The quantitative estimate of drug-likeness (QED) is 0.352. The van der Waals surface area contributed by atoms with Gasteiger partial charge in [0.1, 0.15) is 23.6 Å². The number of pyridine rings is 1. The van der Waals surface area contributed by atoms with Crippen molar-refractivity contribution in [1.82, 2.24) is 24.3 Å². The topological polar surface area (TPSA) is 130 Å². The van der Waals surface area contributed by atoms with Crippen molar-refractivity contribution in [2.75, 3.05) is 17.7 Å². The zero-order chi connectivity index (χ0) is 27.5. The SMILES string of the molecule is Cc1cccc2cc(Cn3nc(-c4ccc5c(c4)N(C)C(N)O5)c4c(N)ncnc43)n(-c3ccccc3)c(=O)c12. The predicted octanol–water partition coefficient (Wildman–Crippen LogP) is 3.81. The number of hydrogen-bond donors (Lipinski definition) is 2. The first-order valence-electron chi connectivity index (χ1n) is 12.9. The normalized spacial score (nSPS) is 14.6. The minimum Gasteiger partial charge on any atom is -0.455 e. The number of aryl methyl sites for hydroxylation is 1. The van der Waals surface area contributed by atoms with Gasteiger partial charge in [0.05, 0.1) is 23.0 Å². The molecule has 3 aromatic heterocycles. The second-order valence-corrected chi connectivity index (χ2v) is 9.92. The molecular weight excluding hydrogens is 504 g/mol. The summed E-state index contributed by atoms with van der Waals surface area (Å²) >= 11 is 0. The summed E-state index contributed by atoms with van der Waals surface area (Å²) < 4.78 is 9.23. The number of nitrogens with two attached hydrogens (primary N) is 2. The zero-order valence-corrected chi connectivity index (χ0v) is 21.9. The maximum absolute atomic E-state index is 13.9. The maximum Gasteiger partial charge on any atom is 0.263 e.